The highest BCUT2D eigenvalue weighted by atomic mass is 28.4. The molecule has 1 rings (SSSR count). The number of rotatable bonds is 12. The maximum Gasteiger partial charge on any atom is 0.200 e. The molecule has 0 radical (unpaired) electrons. The highest BCUT2D eigenvalue weighted by Gasteiger charge is 2.45. The Labute approximate surface area is 188 Å². The second-order valence-electron chi connectivity index (χ2n) is 9.95. The number of allylic oxidation sites excluding steroid dienone is 2. The van der Waals surface area contributed by atoms with Crippen LogP contribution in [0.2, 0.25) is 16.6 Å². The topological polar surface area (TPSA) is 27.7 Å². The van der Waals surface area contributed by atoms with Crippen molar-refractivity contribution >= 4 is 8.32 Å². The monoisotopic (exact) mass is 436 g/mol. The lowest BCUT2D eigenvalue weighted by Crippen LogP contribution is -2.48. The van der Waals surface area contributed by atoms with Gasteiger partial charge in [-0.2, -0.15) is 0 Å². The molecule has 0 aliphatic carbocycles. The Morgan fingerprint density at radius 3 is 2.13 bits per heavy atom. The van der Waals surface area contributed by atoms with E-state index < -0.39 is 8.32 Å². The Hall–Kier alpha value is -0.683. The molecule has 1 heterocycles. The quantitative estimate of drug-likeness (QED) is 0.177. The van der Waals surface area contributed by atoms with Crippen molar-refractivity contribution in [2.75, 3.05) is 6.61 Å². The summed E-state index contributed by atoms with van der Waals surface area (Å²) in [7, 11) is -1.81. The molecule has 174 valence electrons. The van der Waals surface area contributed by atoms with Crippen molar-refractivity contribution in [3.63, 3.8) is 0 Å². The lowest BCUT2D eigenvalue weighted by Gasteiger charge is -2.42. The molecule has 0 amide bonds. The van der Waals surface area contributed by atoms with Crippen molar-refractivity contribution in [3.05, 3.63) is 36.0 Å². The zero-order chi connectivity index (χ0) is 22.9. The van der Waals surface area contributed by atoms with Crippen molar-refractivity contribution in [1.82, 2.24) is 0 Å². The van der Waals surface area contributed by atoms with E-state index in [4.69, 9.17) is 13.9 Å². The number of hydrogen-bond donors (Lipinski definition) is 0. The zero-order valence-corrected chi connectivity index (χ0v) is 22.3. The van der Waals surface area contributed by atoms with Gasteiger partial charge in [0, 0.05) is 6.61 Å². The standard InChI is InChI=1S/C26H48O3Si/c1-11-24(15-16-25-13-12-14-26(29-25)28-19(2)3)17-23(10)18-27-30(20(4)5,21(6)7)22(8)9/h12,14-17,19-23,25-26H,11,13,18H2,1-10H3/b16-15+,24-17-/t23-,25+,26+/m0/s1. The van der Waals surface area contributed by atoms with Gasteiger partial charge in [-0.1, -0.05) is 85.3 Å². The van der Waals surface area contributed by atoms with Crippen LogP contribution < -0.4 is 0 Å². The van der Waals surface area contributed by atoms with Crippen molar-refractivity contribution in [1.29, 1.82) is 0 Å². The van der Waals surface area contributed by atoms with Crippen molar-refractivity contribution in [3.8, 4) is 0 Å². The minimum Gasteiger partial charge on any atom is -0.415 e. The Morgan fingerprint density at radius 1 is 1.03 bits per heavy atom. The van der Waals surface area contributed by atoms with Gasteiger partial charge < -0.3 is 13.9 Å². The molecule has 1 aliphatic rings. The number of ether oxygens (including phenoxy) is 2. The SMILES string of the molecule is CCC(=C/[C@H](C)CO[Si](C(C)C)(C(C)C)C(C)C)/C=C/[C@H]1CC=C[C@H](OC(C)C)O1. The van der Waals surface area contributed by atoms with Gasteiger partial charge in [-0.25, -0.2) is 0 Å². The molecule has 0 aromatic heterocycles. The molecule has 1 aliphatic heterocycles. The first-order chi connectivity index (χ1) is 14.0. The maximum absolute atomic E-state index is 6.79. The highest BCUT2D eigenvalue weighted by molar-refractivity contribution is 6.77. The summed E-state index contributed by atoms with van der Waals surface area (Å²) in [4.78, 5) is 0. The second-order valence-corrected chi connectivity index (χ2v) is 15.4. The van der Waals surface area contributed by atoms with E-state index in [1.807, 2.05) is 19.9 Å². The van der Waals surface area contributed by atoms with E-state index in [1.54, 1.807) is 0 Å². The van der Waals surface area contributed by atoms with Gasteiger partial charge in [0.1, 0.15) is 0 Å². The molecule has 0 aromatic carbocycles. The molecule has 0 aromatic rings. The van der Waals surface area contributed by atoms with Gasteiger partial charge in [0.05, 0.1) is 12.2 Å². The van der Waals surface area contributed by atoms with Crippen molar-refractivity contribution in [2.45, 2.75) is 117 Å². The van der Waals surface area contributed by atoms with Crippen molar-refractivity contribution < 1.29 is 13.9 Å². The maximum atomic E-state index is 6.79. The van der Waals surface area contributed by atoms with Crippen LogP contribution in [0.5, 0.6) is 0 Å². The first-order valence-corrected chi connectivity index (χ1v) is 14.2. The normalized spacial score (nSPS) is 22.3. The molecular formula is C26H48O3Si. The van der Waals surface area contributed by atoms with E-state index in [2.05, 4.69) is 79.7 Å². The third-order valence-corrected chi connectivity index (χ3v) is 12.2. The van der Waals surface area contributed by atoms with Gasteiger partial charge in [0.15, 0.2) is 14.6 Å². The van der Waals surface area contributed by atoms with Crippen LogP contribution in [0.1, 0.15) is 82.1 Å². The predicted molar refractivity (Wildman–Crippen MR) is 132 cm³/mol. The van der Waals surface area contributed by atoms with E-state index in [9.17, 15) is 0 Å². The average molecular weight is 437 g/mol. The minimum absolute atomic E-state index is 0.0723. The Balaban J connectivity index is 2.75. The van der Waals surface area contributed by atoms with Crippen LogP contribution in [-0.4, -0.2) is 33.4 Å². The molecule has 0 saturated carbocycles. The molecule has 0 spiro atoms. The van der Waals surface area contributed by atoms with Crippen LogP contribution in [0.3, 0.4) is 0 Å². The van der Waals surface area contributed by atoms with Crippen LogP contribution in [0.15, 0.2) is 36.0 Å². The molecule has 0 fully saturated rings. The van der Waals surface area contributed by atoms with Gasteiger partial charge in [0.2, 0.25) is 0 Å². The number of hydrogen-bond acceptors (Lipinski definition) is 3. The largest absolute Gasteiger partial charge is 0.415 e. The highest BCUT2D eigenvalue weighted by Crippen LogP contribution is 2.42. The fourth-order valence-electron chi connectivity index (χ4n) is 4.78. The molecule has 3 nitrogen and oxygen atoms in total. The van der Waals surface area contributed by atoms with E-state index in [0.29, 0.717) is 22.5 Å². The predicted octanol–water partition coefficient (Wildman–Crippen LogP) is 7.80. The van der Waals surface area contributed by atoms with Gasteiger partial charge in [-0.3, -0.25) is 0 Å². The second kappa shape index (κ2) is 13.0. The summed E-state index contributed by atoms with van der Waals surface area (Å²) >= 11 is 0. The Morgan fingerprint density at radius 2 is 1.63 bits per heavy atom. The van der Waals surface area contributed by atoms with E-state index in [-0.39, 0.29) is 18.5 Å². The summed E-state index contributed by atoms with van der Waals surface area (Å²) < 4.78 is 18.6. The minimum atomic E-state index is -1.81. The van der Waals surface area contributed by atoms with Crippen LogP contribution in [0.4, 0.5) is 0 Å². The van der Waals surface area contributed by atoms with E-state index in [0.717, 1.165) is 19.4 Å². The smallest absolute Gasteiger partial charge is 0.200 e. The molecule has 30 heavy (non-hydrogen) atoms. The molecule has 0 N–H and O–H groups in total. The summed E-state index contributed by atoms with van der Waals surface area (Å²) in [6, 6.07) is 0. The molecule has 0 unspecified atom stereocenters. The lowest BCUT2D eigenvalue weighted by molar-refractivity contribution is -0.154. The average Bonchev–Trinajstić information content (AvgIpc) is 2.64. The van der Waals surface area contributed by atoms with Crippen LogP contribution >= 0.6 is 0 Å². The summed E-state index contributed by atoms with van der Waals surface area (Å²) in [6.45, 7) is 23.5. The third-order valence-electron chi connectivity index (χ3n) is 6.11. The van der Waals surface area contributed by atoms with Crippen LogP contribution in [0.25, 0.3) is 0 Å². The third kappa shape index (κ3) is 8.10. The van der Waals surface area contributed by atoms with Gasteiger partial charge >= 0.3 is 0 Å². The first kappa shape index (κ1) is 27.4. The summed E-state index contributed by atoms with van der Waals surface area (Å²) in [5.74, 6) is 0.400. The first-order valence-electron chi connectivity index (χ1n) is 12.0. The van der Waals surface area contributed by atoms with Crippen LogP contribution in [-0.2, 0) is 13.9 Å². The summed E-state index contributed by atoms with van der Waals surface area (Å²) in [5.41, 5.74) is 3.21. The van der Waals surface area contributed by atoms with E-state index in [1.165, 1.54) is 5.57 Å². The van der Waals surface area contributed by atoms with Crippen molar-refractivity contribution in [2.24, 2.45) is 5.92 Å². The molecule has 0 bridgehead atoms. The van der Waals surface area contributed by atoms with Gasteiger partial charge in [0.25, 0.3) is 0 Å². The summed E-state index contributed by atoms with van der Waals surface area (Å²) in [5, 5.41) is 0. The Kier molecular flexibility index (Phi) is 11.9. The fourth-order valence-corrected chi connectivity index (χ4v) is 10.3. The molecular weight excluding hydrogens is 388 g/mol. The molecule has 3 atom stereocenters. The van der Waals surface area contributed by atoms with Gasteiger partial charge in [-0.05, 0) is 55.3 Å². The zero-order valence-electron chi connectivity index (χ0n) is 21.3. The Bertz CT molecular complexity index is 553. The van der Waals surface area contributed by atoms with Crippen LogP contribution in [0, 0.1) is 5.92 Å². The van der Waals surface area contributed by atoms with E-state index >= 15 is 0 Å². The fraction of sp³-hybridized carbons (Fsp3) is 0.769. The summed E-state index contributed by atoms with van der Waals surface area (Å²) in [6.07, 6.45) is 12.8. The van der Waals surface area contributed by atoms with Gasteiger partial charge in [-0.15, -0.1) is 0 Å². The molecule has 4 heteroatoms. The molecule has 0 saturated heterocycles. The lowest BCUT2D eigenvalue weighted by atomic mass is 10.0.